The molecule has 0 amide bonds. The Balaban J connectivity index is 1.96. The number of ether oxygens (including phenoxy) is 1. The lowest BCUT2D eigenvalue weighted by Gasteiger charge is -2.09. The summed E-state index contributed by atoms with van der Waals surface area (Å²) >= 11 is 0. The number of hydrogen-bond acceptors (Lipinski definition) is 2. The number of aliphatic hydroxyl groups is 1. The zero-order chi connectivity index (χ0) is 13.7. The van der Waals surface area contributed by atoms with Crippen molar-refractivity contribution in [1.82, 2.24) is 0 Å². The first-order chi connectivity index (χ1) is 9.19. The highest BCUT2D eigenvalue weighted by atomic mass is 16.5. The molecule has 0 unspecified atom stereocenters. The van der Waals surface area contributed by atoms with Gasteiger partial charge in [0.2, 0.25) is 0 Å². The molecule has 2 aromatic carbocycles. The summed E-state index contributed by atoms with van der Waals surface area (Å²) in [5.74, 6) is 0.861. The van der Waals surface area contributed by atoms with Crippen LogP contribution in [-0.4, -0.2) is 11.7 Å². The standard InChI is InChI=1S/C17H20O2/c1-13-3-4-16(11-14(13)2)12-19-17-7-5-15(6-8-17)9-10-18/h3-8,11,18H,9-10,12H2,1-2H3. The molecule has 0 heterocycles. The van der Waals surface area contributed by atoms with Gasteiger partial charge in [0.15, 0.2) is 0 Å². The van der Waals surface area contributed by atoms with Crippen LogP contribution in [0.3, 0.4) is 0 Å². The van der Waals surface area contributed by atoms with Crippen LogP contribution in [0, 0.1) is 13.8 Å². The van der Waals surface area contributed by atoms with Crippen molar-refractivity contribution in [1.29, 1.82) is 0 Å². The van der Waals surface area contributed by atoms with Gasteiger partial charge in [-0.05, 0) is 54.7 Å². The lowest BCUT2D eigenvalue weighted by Crippen LogP contribution is -1.97. The quantitative estimate of drug-likeness (QED) is 0.888. The van der Waals surface area contributed by atoms with Crippen molar-refractivity contribution >= 4 is 0 Å². The number of aryl methyl sites for hydroxylation is 2. The summed E-state index contributed by atoms with van der Waals surface area (Å²) in [4.78, 5) is 0. The molecule has 0 aliphatic rings. The highest BCUT2D eigenvalue weighted by molar-refractivity contribution is 5.31. The van der Waals surface area contributed by atoms with E-state index in [0.717, 1.165) is 11.3 Å². The van der Waals surface area contributed by atoms with Crippen LogP contribution < -0.4 is 4.74 Å². The first kappa shape index (κ1) is 13.6. The molecule has 0 saturated carbocycles. The highest BCUT2D eigenvalue weighted by Gasteiger charge is 1.99. The fourth-order valence-corrected chi connectivity index (χ4v) is 1.94. The Hall–Kier alpha value is -1.80. The molecule has 0 fully saturated rings. The van der Waals surface area contributed by atoms with Crippen LogP contribution in [0.2, 0.25) is 0 Å². The molecular weight excluding hydrogens is 236 g/mol. The molecule has 2 heteroatoms. The number of hydrogen-bond donors (Lipinski definition) is 1. The van der Waals surface area contributed by atoms with E-state index >= 15 is 0 Å². The van der Waals surface area contributed by atoms with Gasteiger partial charge >= 0.3 is 0 Å². The molecule has 0 radical (unpaired) electrons. The predicted molar refractivity (Wildman–Crippen MR) is 77.5 cm³/mol. The molecule has 2 aromatic rings. The van der Waals surface area contributed by atoms with Crippen molar-refractivity contribution in [2.75, 3.05) is 6.61 Å². The Morgan fingerprint density at radius 3 is 2.21 bits per heavy atom. The van der Waals surface area contributed by atoms with Crippen molar-refractivity contribution < 1.29 is 9.84 Å². The second-order valence-corrected chi connectivity index (χ2v) is 4.82. The molecule has 2 nitrogen and oxygen atoms in total. The summed E-state index contributed by atoms with van der Waals surface area (Å²) in [6.45, 7) is 4.99. The molecule has 100 valence electrons. The van der Waals surface area contributed by atoms with Crippen LogP contribution >= 0.6 is 0 Å². The maximum atomic E-state index is 8.86. The van der Waals surface area contributed by atoms with Crippen LogP contribution in [0.1, 0.15) is 22.3 Å². The topological polar surface area (TPSA) is 29.5 Å². The van der Waals surface area contributed by atoms with Gasteiger partial charge in [-0.2, -0.15) is 0 Å². The van der Waals surface area contributed by atoms with Gasteiger partial charge in [-0.1, -0.05) is 30.3 Å². The molecule has 0 atom stereocenters. The molecule has 2 rings (SSSR count). The zero-order valence-electron chi connectivity index (χ0n) is 11.5. The monoisotopic (exact) mass is 256 g/mol. The highest BCUT2D eigenvalue weighted by Crippen LogP contribution is 2.16. The van der Waals surface area contributed by atoms with E-state index in [1.54, 1.807) is 0 Å². The number of aliphatic hydroxyl groups excluding tert-OH is 1. The first-order valence-electron chi connectivity index (χ1n) is 6.58. The van der Waals surface area contributed by atoms with Crippen molar-refractivity contribution in [3.8, 4) is 5.75 Å². The van der Waals surface area contributed by atoms with Crippen molar-refractivity contribution in [2.45, 2.75) is 26.9 Å². The van der Waals surface area contributed by atoms with Crippen LogP contribution in [0.25, 0.3) is 0 Å². The van der Waals surface area contributed by atoms with Crippen molar-refractivity contribution in [2.24, 2.45) is 0 Å². The maximum Gasteiger partial charge on any atom is 0.119 e. The van der Waals surface area contributed by atoms with E-state index in [1.165, 1.54) is 16.7 Å². The van der Waals surface area contributed by atoms with Crippen LogP contribution in [0.15, 0.2) is 42.5 Å². The van der Waals surface area contributed by atoms with Crippen LogP contribution in [0.4, 0.5) is 0 Å². The van der Waals surface area contributed by atoms with Gasteiger partial charge in [0, 0.05) is 6.61 Å². The molecule has 0 aliphatic heterocycles. The molecule has 0 aromatic heterocycles. The lowest BCUT2D eigenvalue weighted by molar-refractivity contribution is 0.298. The average molecular weight is 256 g/mol. The Morgan fingerprint density at radius 1 is 0.895 bits per heavy atom. The lowest BCUT2D eigenvalue weighted by atomic mass is 10.1. The predicted octanol–water partition coefficient (Wildman–Crippen LogP) is 3.42. The average Bonchev–Trinajstić information content (AvgIpc) is 2.42. The van der Waals surface area contributed by atoms with E-state index in [1.807, 2.05) is 24.3 Å². The minimum atomic E-state index is 0.183. The fourth-order valence-electron chi connectivity index (χ4n) is 1.94. The van der Waals surface area contributed by atoms with Gasteiger partial charge in [-0.15, -0.1) is 0 Å². The summed E-state index contributed by atoms with van der Waals surface area (Å²) in [5.41, 5.74) is 4.90. The minimum absolute atomic E-state index is 0.183. The third-order valence-electron chi connectivity index (χ3n) is 3.30. The van der Waals surface area contributed by atoms with Gasteiger partial charge in [0.1, 0.15) is 12.4 Å². The zero-order valence-corrected chi connectivity index (χ0v) is 11.5. The molecule has 0 spiro atoms. The van der Waals surface area contributed by atoms with Gasteiger partial charge < -0.3 is 9.84 Å². The molecular formula is C17H20O2. The van der Waals surface area contributed by atoms with E-state index in [9.17, 15) is 0 Å². The summed E-state index contributed by atoms with van der Waals surface area (Å²) < 4.78 is 5.76. The number of benzene rings is 2. The molecule has 0 aliphatic carbocycles. The van der Waals surface area contributed by atoms with Gasteiger partial charge in [-0.3, -0.25) is 0 Å². The Kier molecular flexibility index (Phi) is 4.58. The summed E-state index contributed by atoms with van der Waals surface area (Å²) in [5, 5.41) is 8.86. The first-order valence-corrected chi connectivity index (χ1v) is 6.58. The SMILES string of the molecule is Cc1ccc(COc2ccc(CCO)cc2)cc1C. The van der Waals surface area contributed by atoms with E-state index in [4.69, 9.17) is 9.84 Å². The van der Waals surface area contributed by atoms with E-state index < -0.39 is 0 Å². The van der Waals surface area contributed by atoms with E-state index in [2.05, 4.69) is 32.0 Å². The summed E-state index contributed by atoms with van der Waals surface area (Å²) in [7, 11) is 0. The Bertz CT molecular complexity index is 529. The molecule has 1 N–H and O–H groups in total. The molecule has 0 saturated heterocycles. The minimum Gasteiger partial charge on any atom is -0.489 e. The fraction of sp³-hybridized carbons (Fsp3) is 0.294. The normalized spacial score (nSPS) is 10.5. The van der Waals surface area contributed by atoms with E-state index in [0.29, 0.717) is 13.0 Å². The molecule has 0 bridgehead atoms. The second-order valence-electron chi connectivity index (χ2n) is 4.82. The number of rotatable bonds is 5. The summed E-state index contributed by atoms with van der Waals surface area (Å²) in [6.07, 6.45) is 0.692. The molecule has 19 heavy (non-hydrogen) atoms. The third kappa shape index (κ3) is 3.83. The van der Waals surface area contributed by atoms with Gasteiger partial charge in [0.25, 0.3) is 0 Å². The third-order valence-corrected chi connectivity index (χ3v) is 3.30. The smallest absolute Gasteiger partial charge is 0.119 e. The summed E-state index contributed by atoms with van der Waals surface area (Å²) in [6, 6.07) is 14.3. The largest absolute Gasteiger partial charge is 0.489 e. The van der Waals surface area contributed by atoms with Gasteiger partial charge in [-0.25, -0.2) is 0 Å². The van der Waals surface area contributed by atoms with E-state index in [-0.39, 0.29) is 6.61 Å². The Labute approximate surface area is 114 Å². The maximum absolute atomic E-state index is 8.86. The van der Waals surface area contributed by atoms with Gasteiger partial charge in [0.05, 0.1) is 0 Å². The van der Waals surface area contributed by atoms with Crippen molar-refractivity contribution in [3.63, 3.8) is 0 Å². The van der Waals surface area contributed by atoms with Crippen LogP contribution in [0.5, 0.6) is 5.75 Å². The van der Waals surface area contributed by atoms with Crippen molar-refractivity contribution in [3.05, 3.63) is 64.7 Å². The second kappa shape index (κ2) is 6.39. The Morgan fingerprint density at radius 2 is 1.58 bits per heavy atom. The van der Waals surface area contributed by atoms with Crippen LogP contribution in [-0.2, 0) is 13.0 Å².